The Kier molecular flexibility index (Phi) is 4.19. The summed E-state index contributed by atoms with van der Waals surface area (Å²) >= 11 is 4.26. The minimum atomic E-state index is -4.39. The molecule has 0 N–H and O–H groups in total. The highest BCUT2D eigenvalue weighted by Crippen LogP contribution is 2.28. The molecule has 1 aromatic heterocycles. The van der Waals surface area contributed by atoms with Gasteiger partial charge in [-0.2, -0.15) is 30.9 Å². The van der Waals surface area contributed by atoms with Crippen LogP contribution in [0, 0.1) is 0 Å². The van der Waals surface area contributed by atoms with E-state index in [1.807, 2.05) is 30.3 Å². The zero-order valence-electron chi connectivity index (χ0n) is 10.0. The lowest BCUT2D eigenvalue weighted by Crippen LogP contribution is -2.13. The van der Waals surface area contributed by atoms with Crippen molar-refractivity contribution in [2.75, 3.05) is 5.75 Å². The highest BCUT2D eigenvalue weighted by Gasteiger charge is 2.33. The molecule has 0 aliphatic rings. The van der Waals surface area contributed by atoms with Crippen molar-refractivity contribution in [1.29, 1.82) is 0 Å². The Balaban J connectivity index is 2.13. The minimum Gasteiger partial charge on any atom is -0.272 e. The highest BCUT2D eigenvalue weighted by atomic mass is 32.1. The van der Waals surface area contributed by atoms with Crippen LogP contribution in [-0.4, -0.2) is 15.5 Å². The number of alkyl halides is 3. The normalized spacial score (nSPS) is 13.5. The van der Waals surface area contributed by atoms with Gasteiger partial charge in [0.25, 0.3) is 0 Å². The Morgan fingerprint density at radius 2 is 1.84 bits per heavy atom. The van der Waals surface area contributed by atoms with Crippen LogP contribution in [-0.2, 0) is 12.7 Å². The summed E-state index contributed by atoms with van der Waals surface area (Å²) in [4.78, 5) is 0. The predicted molar refractivity (Wildman–Crippen MR) is 70.3 cm³/mol. The number of halogens is 3. The van der Waals surface area contributed by atoms with Gasteiger partial charge >= 0.3 is 6.18 Å². The van der Waals surface area contributed by atoms with E-state index in [1.165, 1.54) is 10.9 Å². The number of hydrogen-bond donors (Lipinski definition) is 1. The summed E-state index contributed by atoms with van der Waals surface area (Å²) in [6, 6.07) is 10.6. The summed E-state index contributed by atoms with van der Waals surface area (Å²) in [6.07, 6.45) is -3.04. The van der Waals surface area contributed by atoms with Gasteiger partial charge in [-0.1, -0.05) is 30.3 Å². The molecule has 1 unspecified atom stereocenters. The van der Waals surface area contributed by atoms with E-state index in [2.05, 4.69) is 17.7 Å². The van der Waals surface area contributed by atoms with Crippen molar-refractivity contribution in [3.8, 4) is 0 Å². The van der Waals surface area contributed by atoms with Gasteiger partial charge in [-0.3, -0.25) is 4.68 Å². The lowest BCUT2D eigenvalue weighted by atomic mass is 10.0. The fourth-order valence-corrected chi connectivity index (χ4v) is 2.16. The molecule has 0 spiro atoms. The van der Waals surface area contributed by atoms with Crippen molar-refractivity contribution in [2.24, 2.45) is 0 Å². The molecule has 0 radical (unpaired) electrons. The summed E-state index contributed by atoms with van der Waals surface area (Å²) in [5.41, 5.74) is 0.181. The second-order valence-electron chi connectivity index (χ2n) is 4.21. The Hall–Kier alpha value is -1.43. The van der Waals surface area contributed by atoms with Crippen LogP contribution in [0.15, 0.2) is 42.6 Å². The molecule has 0 saturated heterocycles. The maximum atomic E-state index is 12.5. The fraction of sp³-hybridized carbons (Fsp3) is 0.308. The van der Waals surface area contributed by atoms with Gasteiger partial charge in [-0.15, -0.1) is 0 Å². The van der Waals surface area contributed by atoms with Crippen molar-refractivity contribution in [2.45, 2.75) is 18.6 Å². The summed E-state index contributed by atoms with van der Waals surface area (Å²) in [7, 11) is 0. The van der Waals surface area contributed by atoms with Crippen molar-refractivity contribution in [1.82, 2.24) is 9.78 Å². The Bertz CT molecular complexity index is 522. The van der Waals surface area contributed by atoms with E-state index in [0.717, 1.165) is 11.6 Å². The number of thiol groups is 1. The molecule has 1 atom stereocenters. The largest absolute Gasteiger partial charge is 0.435 e. The second kappa shape index (κ2) is 5.69. The molecular weight excluding hydrogens is 273 g/mol. The standard InChI is InChI=1S/C13H13F3N2S/c14-13(15,16)12-6-7-18(17-12)8-11(9-19)10-4-2-1-3-5-10/h1-7,11,19H,8-9H2. The van der Waals surface area contributed by atoms with Crippen LogP contribution >= 0.6 is 12.6 Å². The van der Waals surface area contributed by atoms with Crippen LogP contribution < -0.4 is 0 Å². The molecule has 2 nitrogen and oxygen atoms in total. The lowest BCUT2D eigenvalue weighted by Gasteiger charge is -2.14. The Labute approximate surface area is 114 Å². The zero-order chi connectivity index (χ0) is 13.9. The van der Waals surface area contributed by atoms with E-state index in [4.69, 9.17) is 0 Å². The van der Waals surface area contributed by atoms with Crippen molar-refractivity contribution >= 4 is 12.6 Å². The van der Waals surface area contributed by atoms with Gasteiger partial charge in [0.15, 0.2) is 5.69 Å². The third kappa shape index (κ3) is 3.53. The molecule has 1 heterocycles. The molecule has 0 aliphatic carbocycles. The molecule has 102 valence electrons. The molecular formula is C13H13F3N2S. The molecule has 0 saturated carbocycles. The molecule has 0 fully saturated rings. The number of nitrogens with zero attached hydrogens (tertiary/aromatic N) is 2. The van der Waals surface area contributed by atoms with Gasteiger partial charge in [-0.25, -0.2) is 0 Å². The first-order valence-electron chi connectivity index (χ1n) is 5.77. The maximum absolute atomic E-state index is 12.5. The molecule has 0 aliphatic heterocycles. The summed E-state index contributed by atoms with van der Waals surface area (Å²) in [5, 5.41) is 3.55. The van der Waals surface area contributed by atoms with E-state index in [9.17, 15) is 13.2 Å². The lowest BCUT2D eigenvalue weighted by molar-refractivity contribution is -0.141. The average Bonchev–Trinajstić information content (AvgIpc) is 2.85. The number of rotatable bonds is 4. The fourth-order valence-electron chi connectivity index (χ4n) is 1.83. The quantitative estimate of drug-likeness (QED) is 0.850. The van der Waals surface area contributed by atoms with Crippen LogP contribution in [0.2, 0.25) is 0 Å². The second-order valence-corrected chi connectivity index (χ2v) is 4.58. The molecule has 2 aromatic rings. The number of aromatic nitrogens is 2. The zero-order valence-corrected chi connectivity index (χ0v) is 10.9. The molecule has 0 bridgehead atoms. The predicted octanol–water partition coefficient (Wildman–Crippen LogP) is 3.62. The van der Waals surface area contributed by atoms with Gasteiger partial charge in [0.05, 0.1) is 0 Å². The highest BCUT2D eigenvalue weighted by molar-refractivity contribution is 7.80. The van der Waals surface area contributed by atoms with Crippen LogP contribution in [0.1, 0.15) is 17.2 Å². The van der Waals surface area contributed by atoms with E-state index < -0.39 is 11.9 Å². The molecule has 2 rings (SSSR count). The van der Waals surface area contributed by atoms with Gasteiger partial charge < -0.3 is 0 Å². The first-order valence-corrected chi connectivity index (χ1v) is 6.40. The summed E-state index contributed by atoms with van der Waals surface area (Å²) in [6.45, 7) is 0.379. The van der Waals surface area contributed by atoms with Gasteiger partial charge in [-0.05, 0) is 17.4 Å². The van der Waals surface area contributed by atoms with Crippen LogP contribution in [0.25, 0.3) is 0 Å². The molecule has 0 amide bonds. The summed E-state index contributed by atoms with van der Waals surface area (Å²) in [5.74, 6) is 0.580. The van der Waals surface area contributed by atoms with Crippen LogP contribution in [0.3, 0.4) is 0 Å². The van der Waals surface area contributed by atoms with Crippen molar-refractivity contribution < 1.29 is 13.2 Å². The SMILES string of the molecule is FC(F)(F)c1ccn(CC(CS)c2ccccc2)n1. The smallest absolute Gasteiger partial charge is 0.272 e. The number of hydrogen-bond acceptors (Lipinski definition) is 2. The first kappa shape index (κ1) is 14.0. The molecule has 6 heteroatoms. The Morgan fingerprint density at radius 3 is 2.37 bits per heavy atom. The third-order valence-corrected chi connectivity index (χ3v) is 3.27. The van der Waals surface area contributed by atoms with E-state index in [0.29, 0.717) is 12.3 Å². The average molecular weight is 286 g/mol. The third-order valence-electron chi connectivity index (χ3n) is 2.83. The summed E-state index contributed by atoms with van der Waals surface area (Å²) < 4.78 is 38.7. The van der Waals surface area contributed by atoms with Gasteiger partial charge in [0, 0.05) is 18.7 Å². The van der Waals surface area contributed by atoms with Crippen molar-refractivity contribution in [3.05, 3.63) is 53.9 Å². The van der Waals surface area contributed by atoms with E-state index in [-0.39, 0.29) is 5.92 Å². The Morgan fingerprint density at radius 1 is 1.16 bits per heavy atom. The van der Waals surface area contributed by atoms with E-state index >= 15 is 0 Å². The van der Waals surface area contributed by atoms with Crippen LogP contribution in [0.5, 0.6) is 0 Å². The number of benzene rings is 1. The minimum absolute atomic E-state index is 0.0329. The van der Waals surface area contributed by atoms with Gasteiger partial charge in [0.2, 0.25) is 0 Å². The molecule has 1 aromatic carbocycles. The van der Waals surface area contributed by atoms with Crippen molar-refractivity contribution in [3.63, 3.8) is 0 Å². The molecule has 19 heavy (non-hydrogen) atoms. The maximum Gasteiger partial charge on any atom is 0.435 e. The van der Waals surface area contributed by atoms with Gasteiger partial charge in [0.1, 0.15) is 0 Å². The van der Waals surface area contributed by atoms with E-state index in [1.54, 1.807) is 0 Å². The topological polar surface area (TPSA) is 17.8 Å². The van der Waals surface area contributed by atoms with Crippen LogP contribution in [0.4, 0.5) is 13.2 Å². The first-order chi connectivity index (χ1) is 9.00. The monoisotopic (exact) mass is 286 g/mol.